The van der Waals surface area contributed by atoms with Crippen LogP contribution in [0.3, 0.4) is 0 Å². The maximum Gasteiger partial charge on any atom is 0.255 e. The minimum absolute atomic E-state index is 0.0431. The number of pyridine rings is 1. The van der Waals surface area contributed by atoms with Crippen LogP contribution in [0.1, 0.15) is 17.7 Å². The molecule has 1 N–H and O–H groups in total. The molecular weight excluding hydrogens is 294 g/mol. The van der Waals surface area contributed by atoms with Gasteiger partial charge < -0.3 is 9.88 Å². The van der Waals surface area contributed by atoms with E-state index in [1.807, 2.05) is 6.07 Å². The molecule has 118 valence electrons. The third-order valence-corrected chi connectivity index (χ3v) is 3.44. The van der Waals surface area contributed by atoms with Crippen molar-refractivity contribution in [3.8, 4) is 17.6 Å². The lowest BCUT2D eigenvalue weighted by atomic mass is 10.1. The van der Waals surface area contributed by atoms with E-state index in [1.165, 1.54) is 4.90 Å². The fourth-order valence-corrected chi connectivity index (χ4v) is 2.07. The Balaban J connectivity index is 2.23. The van der Waals surface area contributed by atoms with Crippen LogP contribution in [0.2, 0.25) is 0 Å². The molecule has 7 heteroatoms. The Morgan fingerprint density at radius 2 is 2.22 bits per heavy atom. The molecule has 0 aliphatic heterocycles. The number of aryl methyl sites for hydroxylation is 1. The second kappa shape index (κ2) is 7.31. The number of nitriles is 1. The zero-order valence-electron chi connectivity index (χ0n) is 13.0. The van der Waals surface area contributed by atoms with Gasteiger partial charge in [0.15, 0.2) is 5.82 Å². The molecule has 0 fully saturated rings. The predicted molar refractivity (Wildman–Crippen MR) is 84.4 cm³/mol. The summed E-state index contributed by atoms with van der Waals surface area (Å²) in [7, 11) is 1.61. The summed E-state index contributed by atoms with van der Waals surface area (Å²) in [5, 5.41) is 8.55. The average molecular weight is 311 g/mol. The molecule has 0 spiro atoms. The molecule has 0 saturated carbocycles. The number of carbonyl (C=O) groups excluding carboxylic acids is 1. The van der Waals surface area contributed by atoms with Gasteiger partial charge >= 0.3 is 0 Å². The number of H-pyrrole nitrogens is 1. The smallest absolute Gasteiger partial charge is 0.255 e. The number of amides is 1. The Kier molecular flexibility index (Phi) is 5.20. The van der Waals surface area contributed by atoms with E-state index in [0.29, 0.717) is 29.3 Å². The van der Waals surface area contributed by atoms with Gasteiger partial charge in [0.25, 0.3) is 5.56 Å². The molecular formula is C16H17N5O2. The first-order chi connectivity index (χ1) is 11.0. The van der Waals surface area contributed by atoms with E-state index in [0.717, 1.165) is 0 Å². The van der Waals surface area contributed by atoms with Crippen LogP contribution in [0.4, 0.5) is 0 Å². The van der Waals surface area contributed by atoms with Crippen molar-refractivity contribution in [3.05, 3.63) is 46.0 Å². The van der Waals surface area contributed by atoms with Crippen molar-refractivity contribution in [2.24, 2.45) is 0 Å². The molecule has 1 amide bonds. The van der Waals surface area contributed by atoms with Crippen molar-refractivity contribution in [2.75, 3.05) is 13.6 Å². The van der Waals surface area contributed by atoms with E-state index in [4.69, 9.17) is 5.26 Å². The largest absolute Gasteiger partial charge is 0.344 e. The molecule has 2 aromatic heterocycles. The molecule has 2 rings (SSSR count). The lowest BCUT2D eigenvalue weighted by Gasteiger charge is -2.15. The third-order valence-electron chi connectivity index (χ3n) is 3.44. The van der Waals surface area contributed by atoms with E-state index in [2.05, 4.69) is 15.0 Å². The van der Waals surface area contributed by atoms with Crippen molar-refractivity contribution in [1.82, 2.24) is 19.9 Å². The van der Waals surface area contributed by atoms with E-state index in [1.54, 1.807) is 38.4 Å². The highest BCUT2D eigenvalue weighted by atomic mass is 16.2. The SMILES string of the molecule is Cc1nc(-c2ccccn2)[nH]c(=O)c1CC(=O)N(C)CCC#N. The number of nitrogens with zero attached hydrogens (tertiary/aromatic N) is 4. The number of hydrogen-bond donors (Lipinski definition) is 1. The first-order valence-electron chi connectivity index (χ1n) is 7.15. The molecule has 2 aromatic rings. The summed E-state index contributed by atoms with van der Waals surface area (Å²) in [6.45, 7) is 2.03. The highest BCUT2D eigenvalue weighted by molar-refractivity contribution is 5.78. The van der Waals surface area contributed by atoms with Gasteiger partial charge in [-0.3, -0.25) is 14.6 Å². The van der Waals surface area contributed by atoms with Crippen LogP contribution in [0.5, 0.6) is 0 Å². The van der Waals surface area contributed by atoms with Gasteiger partial charge in [0, 0.05) is 31.0 Å². The van der Waals surface area contributed by atoms with Crippen LogP contribution < -0.4 is 5.56 Å². The van der Waals surface area contributed by atoms with Crippen molar-refractivity contribution >= 4 is 5.91 Å². The highest BCUT2D eigenvalue weighted by Gasteiger charge is 2.16. The topological polar surface area (TPSA) is 103 Å². The molecule has 0 saturated heterocycles. The van der Waals surface area contributed by atoms with Crippen molar-refractivity contribution in [1.29, 1.82) is 5.26 Å². The van der Waals surface area contributed by atoms with E-state index < -0.39 is 0 Å². The Morgan fingerprint density at radius 3 is 2.83 bits per heavy atom. The molecule has 0 atom stereocenters. The molecule has 0 bridgehead atoms. The number of carbonyl (C=O) groups is 1. The Hall–Kier alpha value is -3.01. The molecule has 0 radical (unpaired) electrons. The van der Waals surface area contributed by atoms with Gasteiger partial charge in [0.1, 0.15) is 5.69 Å². The van der Waals surface area contributed by atoms with Gasteiger partial charge in [-0.15, -0.1) is 0 Å². The monoisotopic (exact) mass is 311 g/mol. The normalized spacial score (nSPS) is 10.1. The average Bonchev–Trinajstić information content (AvgIpc) is 2.56. The zero-order chi connectivity index (χ0) is 16.8. The molecule has 0 aromatic carbocycles. The van der Waals surface area contributed by atoms with Crippen molar-refractivity contribution < 1.29 is 4.79 Å². The molecule has 0 aliphatic rings. The minimum Gasteiger partial charge on any atom is -0.344 e. The fourth-order valence-electron chi connectivity index (χ4n) is 2.07. The van der Waals surface area contributed by atoms with E-state index >= 15 is 0 Å². The van der Waals surface area contributed by atoms with Gasteiger partial charge in [-0.1, -0.05) is 6.07 Å². The lowest BCUT2D eigenvalue weighted by molar-refractivity contribution is -0.129. The second-order valence-corrected chi connectivity index (χ2v) is 5.09. The minimum atomic E-state index is -0.347. The number of nitrogens with one attached hydrogen (secondary N) is 1. The summed E-state index contributed by atoms with van der Waals surface area (Å²) in [6, 6.07) is 7.31. The van der Waals surface area contributed by atoms with E-state index in [9.17, 15) is 9.59 Å². The summed E-state index contributed by atoms with van der Waals surface area (Å²) < 4.78 is 0. The summed E-state index contributed by atoms with van der Waals surface area (Å²) >= 11 is 0. The van der Waals surface area contributed by atoms with Gasteiger partial charge in [-0.05, 0) is 19.1 Å². The molecule has 2 heterocycles. The van der Waals surface area contributed by atoms with Crippen LogP contribution in [0.15, 0.2) is 29.2 Å². The van der Waals surface area contributed by atoms with Gasteiger partial charge in [0.05, 0.1) is 18.9 Å². The van der Waals surface area contributed by atoms with Crippen LogP contribution >= 0.6 is 0 Å². The standard InChI is InChI=1S/C16H17N5O2/c1-11-12(10-14(22)21(2)9-5-7-17)16(23)20-15(19-11)13-6-3-4-8-18-13/h3-4,6,8H,5,9-10H2,1-2H3,(H,19,20,23). The predicted octanol–water partition coefficient (Wildman–Crippen LogP) is 1.05. The fraction of sp³-hybridized carbons (Fsp3) is 0.312. The van der Waals surface area contributed by atoms with Crippen LogP contribution in [-0.4, -0.2) is 39.4 Å². The Bertz CT molecular complexity index is 792. The lowest BCUT2D eigenvalue weighted by Crippen LogP contribution is -2.31. The first kappa shape index (κ1) is 16.4. The number of aromatic amines is 1. The third kappa shape index (κ3) is 4.01. The maximum atomic E-state index is 12.3. The zero-order valence-corrected chi connectivity index (χ0v) is 13.0. The summed E-state index contributed by atoms with van der Waals surface area (Å²) in [5.74, 6) is 0.156. The highest BCUT2D eigenvalue weighted by Crippen LogP contribution is 2.11. The Morgan fingerprint density at radius 1 is 1.43 bits per heavy atom. The van der Waals surface area contributed by atoms with Crippen molar-refractivity contribution in [3.63, 3.8) is 0 Å². The van der Waals surface area contributed by atoms with Gasteiger partial charge in [-0.25, -0.2) is 4.98 Å². The second-order valence-electron chi connectivity index (χ2n) is 5.09. The van der Waals surface area contributed by atoms with Crippen LogP contribution in [0, 0.1) is 18.3 Å². The molecule has 0 aliphatic carbocycles. The van der Waals surface area contributed by atoms with Crippen molar-refractivity contribution in [2.45, 2.75) is 19.8 Å². The van der Waals surface area contributed by atoms with Crippen LogP contribution in [0.25, 0.3) is 11.5 Å². The number of rotatable bonds is 5. The number of likely N-dealkylation sites (N-methyl/N-ethyl adjacent to an activating group) is 1. The van der Waals surface area contributed by atoms with E-state index in [-0.39, 0.29) is 24.3 Å². The molecule has 7 nitrogen and oxygen atoms in total. The Labute approximate surface area is 133 Å². The van der Waals surface area contributed by atoms with Gasteiger partial charge in [0.2, 0.25) is 5.91 Å². The number of aromatic nitrogens is 3. The van der Waals surface area contributed by atoms with Gasteiger partial charge in [-0.2, -0.15) is 5.26 Å². The molecule has 0 unspecified atom stereocenters. The molecule has 23 heavy (non-hydrogen) atoms. The summed E-state index contributed by atoms with van der Waals surface area (Å²) in [4.78, 5) is 37.0. The summed E-state index contributed by atoms with van der Waals surface area (Å²) in [6.07, 6.45) is 1.83. The van der Waals surface area contributed by atoms with Crippen LogP contribution in [-0.2, 0) is 11.2 Å². The quantitative estimate of drug-likeness (QED) is 0.889. The first-order valence-corrected chi connectivity index (χ1v) is 7.15. The number of hydrogen-bond acceptors (Lipinski definition) is 5. The maximum absolute atomic E-state index is 12.3. The summed E-state index contributed by atoms with van der Waals surface area (Å²) in [5.41, 5.74) is 1.05.